The second-order valence-corrected chi connectivity index (χ2v) is 7.05. The van der Waals surface area contributed by atoms with Gasteiger partial charge in [0.15, 0.2) is 5.78 Å². The van der Waals surface area contributed by atoms with E-state index in [1.165, 1.54) is 12.2 Å². The number of carbonyl (C=O) groups is 2. The third kappa shape index (κ3) is 4.21. The lowest BCUT2D eigenvalue weighted by Gasteiger charge is -2.22. The van der Waals surface area contributed by atoms with Crippen molar-refractivity contribution >= 4 is 11.8 Å². The van der Waals surface area contributed by atoms with Gasteiger partial charge < -0.3 is 14.2 Å². The predicted molar refractivity (Wildman–Crippen MR) is 108 cm³/mol. The van der Waals surface area contributed by atoms with Crippen LogP contribution in [0.15, 0.2) is 72.8 Å². The SMILES string of the molecule is CCCOC(=O)c1cccc(-c2ccc(C3COC4(C=CC(=O)C=C4)O3)cc2)c1. The molecule has 0 amide bonds. The molecular formula is C24H22O5. The molecule has 1 unspecified atom stereocenters. The molecule has 4 rings (SSSR count). The summed E-state index contributed by atoms with van der Waals surface area (Å²) in [6.07, 6.45) is 6.79. The molecule has 1 atom stereocenters. The number of ether oxygens (including phenoxy) is 3. The minimum Gasteiger partial charge on any atom is -0.462 e. The first-order valence-corrected chi connectivity index (χ1v) is 9.70. The molecule has 5 heteroatoms. The van der Waals surface area contributed by atoms with Gasteiger partial charge in [-0.15, -0.1) is 0 Å². The monoisotopic (exact) mass is 390 g/mol. The van der Waals surface area contributed by atoms with Crippen LogP contribution in [-0.4, -0.2) is 30.8 Å². The molecule has 1 heterocycles. The molecule has 2 aliphatic rings. The fourth-order valence-corrected chi connectivity index (χ4v) is 3.34. The van der Waals surface area contributed by atoms with E-state index >= 15 is 0 Å². The maximum Gasteiger partial charge on any atom is 0.338 e. The van der Waals surface area contributed by atoms with Crippen LogP contribution in [0.5, 0.6) is 0 Å². The van der Waals surface area contributed by atoms with Crippen molar-refractivity contribution in [3.63, 3.8) is 0 Å². The Labute approximate surface area is 169 Å². The van der Waals surface area contributed by atoms with E-state index in [0.717, 1.165) is 23.1 Å². The van der Waals surface area contributed by atoms with Crippen LogP contribution in [-0.2, 0) is 19.0 Å². The van der Waals surface area contributed by atoms with Crippen LogP contribution in [0.4, 0.5) is 0 Å². The molecule has 0 bridgehead atoms. The molecule has 0 N–H and O–H groups in total. The van der Waals surface area contributed by atoms with Crippen LogP contribution in [0.25, 0.3) is 11.1 Å². The quantitative estimate of drug-likeness (QED) is 0.708. The van der Waals surface area contributed by atoms with Crippen molar-refractivity contribution in [3.8, 4) is 11.1 Å². The van der Waals surface area contributed by atoms with Crippen molar-refractivity contribution in [1.82, 2.24) is 0 Å². The molecule has 1 aliphatic heterocycles. The van der Waals surface area contributed by atoms with Gasteiger partial charge in [-0.25, -0.2) is 4.79 Å². The molecule has 0 radical (unpaired) electrons. The third-order valence-electron chi connectivity index (χ3n) is 4.90. The highest BCUT2D eigenvalue weighted by Crippen LogP contribution is 2.37. The van der Waals surface area contributed by atoms with Gasteiger partial charge in [-0.3, -0.25) is 4.79 Å². The average molecular weight is 390 g/mol. The Morgan fingerprint density at radius 3 is 2.59 bits per heavy atom. The van der Waals surface area contributed by atoms with E-state index in [0.29, 0.717) is 18.8 Å². The summed E-state index contributed by atoms with van der Waals surface area (Å²) in [4.78, 5) is 23.4. The van der Waals surface area contributed by atoms with Gasteiger partial charge in [0.05, 0.1) is 18.8 Å². The van der Waals surface area contributed by atoms with E-state index < -0.39 is 5.79 Å². The minimum absolute atomic E-state index is 0.0727. The van der Waals surface area contributed by atoms with E-state index in [1.807, 2.05) is 49.4 Å². The van der Waals surface area contributed by atoms with Gasteiger partial charge in [-0.2, -0.15) is 0 Å². The predicted octanol–water partition coefficient (Wildman–Crippen LogP) is 4.40. The van der Waals surface area contributed by atoms with Crippen LogP contribution >= 0.6 is 0 Å². The molecule has 5 nitrogen and oxygen atoms in total. The lowest BCUT2D eigenvalue weighted by Crippen LogP contribution is -2.27. The van der Waals surface area contributed by atoms with Gasteiger partial charge in [0.1, 0.15) is 6.10 Å². The van der Waals surface area contributed by atoms with Gasteiger partial charge in [0.25, 0.3) is 0 Å². The largest absolute Gasteiger partial charge is 0.462 e. The molecule has 2 aromatic rings. The number of allylic oxidation sites excluding steroid dienone is 2. The Morgan fingerprint density at radius 1 is 1.10 bits per heavy atom. The molecule has 2 aromatic carbocycles. The van der Waals surface area contributed by atoms with Crippen molar-refractivity contribution in [2.45, 2.75) is 25.2 Å². The molecular weight excluding hydrogens is 368 g/mol. The number of hydrogen-bond acceptors (Lipinski definition) is 5. The Bertz CT molecular complexity index is 955. The molecule has 0 saturated carbocycles. The standard InChI is InChI=1S/C24H22O5/c1-2-14-27-23(26)20-5-3-4-19(15-20)17-6-8-18(9-7-17)22-16-28-24(29-22)12-10-21(25)11-13-24/h3-13,15,22H,2,14,16H2,1H3. The summed E-state index contributed by atoms with van der Waals surface area (Å²) in [7, 11) is 0. The van der Waals surface area contributed by atoms with Crippen molar-refractivity contribution in [3.05, 3.63) is 84.0 Å². The van der Waals surface area contributed by atoms with E-state index in [4.69, 9.17) is 14.2 Å². The number of esters is 1. The summed E-state index contributed by atoms with van der Waals surface area (Å²) in [6.45, 7) is 2.79. The van der Waals surface area contributed by atoms with Gasteiger partial charge >= 0.3 is 5.97 Å². The van der Waals surface area contributed by atoms with Crippen molar-refractivity contribution < 1.29 is 23.8 Å². The van der Waals surface area contributed by atoms with E-state index in [9.17, 15) is 9.59 Å². The lowest BCUT2D eigenvalue weighted by atomic mass is 10.0. The third-order valence-corrected chi connectivity index (χ3v) is 4.90. The normalized spacial score (nSPS) is 19.6. The zero-order valence-corrected chi connectivity index (χ0v) is 16.2. The highest BCUT2D eigenvalue weighted by atomic mass is 16.7. The Morgan fingerprint density at radius 2 is 1.86 bits per heavy atom. The maximum atomic E-state index is 12.1. The Balaban J connectivity index is 1.48. The molecule has 1 fully saturated rings. The maximum absolute atomic E-state index is 12.1. The second-order valence-electron chi connectivity index (χ2n) is 7.05. The van der Waals surface area contributed by atoms with Gasteiger partial charge in [0.2, 0.25) is 5.79 Å². The summed E-state index contributed by atoms with van der Waals surface area (Å²) in [5.74, 6) is -1.33. The highest BCUT2D eigenvalue weighted by Gasteiger charge is 2.39. The van der Waals surface area contributed by atoms with Crippen molar-refractivity contribution in [2.24, 2.45) is 0 Å². The lowest BCUT2D eigenvalue weighted by molar-refractivity contribution is -0.113. The van der Waals surface area contributed by atoms with Gasteiger partial charge in [-0.05, 0) is 59.5 Å². The topological polar surface area (TPSA) is 61.8 Å². The molecule has 0 aromatic heterocycles. The minimum atomic E-state index is -0.954. The van der Waals surface area contributed by atoms with Crippen LogP contribution < -0.4 is 0 Å². The number of rotatable bonds is 5. The summed E-state index contributed by atoms with van der Waals surface area (Å²) in [5, 5.41) is 0. The number of carbonyl (C=O) groups excluding carboxylic acids is 2. The number of hydrogen-bond donors (Lipinski definition) is 0. The smallest absolute Gasteiger partial charge is 0.338 e. The second kappa shape index (κ2) is 8.15. The van der Waals surface area contributed by atoms with Crippen molar-refractivity contribution in [2.75, 3.05) is 13.2 Å². The molecule has 29 heavy (non-hydrogen) atoms. The summed E-state index contributed by atoms with van der Waals surface area (Å²) >= 11 is 0. The first-order chi connectivity index (χ1) is 14.1. The van der Waals surface area contributed by atoms with E-state index in [-0.39, 0.29) is 17.9 Å². The van der Waals surface area contributed by atoms with Crippen LogP contribution in [0.3, 0.4) is 0 Å². The zero-order chi connectivity index (χ0) is 20.3. The van der Waals surface area contributed by atoms with Crippen LogP contribution in [0, 0.1) is 0 Å². The van der Waals surface area contributed by atoms with Crippen molar-refractivity contribution in [1.29, 1.82) is 0 Å². The molecule has 1 spiro atoms. The highest BCUT2D eigenvalue weighted by molar-refractivity contribution is 6.00. The Kier molecular flexibility index (Phi) is 5.43. The Hall–Kier alpha value is -3.02. The summed E-state index contributed by atoms with van der Waals surface area (Å²) < 4.78 is 17.0. The number of ketones is 1. The first-order valence-electron chi connectivity index (χ1n) is 9.70. The zero-order valence-electron chi connectivity index (χ0n) is 16.2. The summed E-state index contributed by atoms with van der Waals surface area (Å²) in [6, 6.07) is 15.4. The first kappa shape index (κ1) is 19.3. The fraction of sp³-hybridized carbons (Fsp3) is 0.250. The number of benzene rings is 2. The van der Waals surface area contributed by atoms with E-state index in [1.54, 1.807) is 18.2 Å². The van der Waals surface area contributed by atoms with Crippen LogP contribution in [0.2, 0.25) is 0 Å². The molecule has 148 valence electrons. The average Bonchev–Trinajstić information content (AvgIpc) is 3.18. The fourth-order valence-electron chi connectivity index (χ4n) is 3.34. The van der Waals surface area contributed by atoms with E-state index in [2.05, 4.69) is 0 Å². The molecule has 1 saturated heterocycles. The van der Waals surface area contributed by atoms with Crippen LogP contribution in [0.1, 0.15) is 35.4 Å². The van der Waals surface area contributed by atoms with Gasteiger partial charge in [0, 0.05) is 0 Å². The summed E-state index contributed by atoms with van der Waals surface area (Å²) in [5.41, 5.74) is 3.47. The van der Waals surface area contributed by atoms with Gasteiger partial charge in [-0.1, -0.05) is 43.3 Å². The molecule has 1 aliphatic carbocycles.